The molecule has 3 aromatic carbocycles. The molecule has 0 fully saturated rings. The molecule has 0 spiro atoms. The summed E-state index contributed by atoms with van der Waals surface area (Å²) in [6.07, 6.45) is 0. The van der Waals surface area contributed by atoms with Crippen molar-refractivity contribution in [2.24, 2.45) is 0 Å². The maximum atomic E-state index is 13.3. The third-order valence-corrected chi connectivity index (χ3v) is 4.22. The van der Waals surface area contributed by atoms with Gasteiger partial charge < -0.3 is 9.47 Å². The minimum atomic E-state index is -0.440. The smallest absolute Gasteiger partial charge is 0.174 e. The van der Waals surface area contributed by atoms with Crippen LogP contribution in [0.25, 0.3) is 0 Å². The highest BCUT2D eigenvalue weighted by Gasteiger charge is 2.26. The van der Waals surface area contributed by atoms with E-state index >= 15 is 0 Å². The van der Waals surface area contributed by atoms with Gasteiger partial charge in [-0.25, -0.2) is 0 Å². The molecule has 1 atom stereocenters. The highest BCUT2D eigenvalue weighted by molar-refractivity contribution is 6.03. The first-order valence-corrected chi connectivity index (χ1v) is 8.10. The Kier molecular flexibility index (Phi) is 5.14. The first-order chi connectivity index (χ1) is 12.2. The predicted molar refractivity (Wildman–Crippen MR) is 98.6 cm³/mol. The largest absolute Gasteiger partial charge is 0.497 e. The second-order valence-electron chi connectivity index (χ2n) is 5.68. The molecule has 0 radical (unpaired) electrons. The molecule has 0 saturated heterocycles. The molecule has 0 aromatic heterocycles. The third kappa shape index (κ3) is 3.56. The summed E-state index contributed by atoms with van der Waals surface area (Å²) in [6, 6.07) is 24.6. The van der Waals surface area contributed by atoms with Crippen LogP contribution in [0.4, 0.5) is 0 Å². The van der Waals surface area contributed by atoms with E-state index in [0.717, 1.165) is 16.9 Å². The molecule has 3 nitrogen and oxygen atoms in total. The van der Waals surface area contributed by atoms with Gasteiger partial charge in [-0.1, -0.05) is 60.7 Å². The fraction of sp³-hybridized carbons (Fsp3) is 0.136. The second kappa shape index (κ2) is 7.67. The van der Waals surface area contributed by atoms with Gasteiger partial charge in [0.1, 0.15) is 11.5 Å². The molecule has 0 N–H and O–H groups in total. The Morgan fingerprint density at radius 1 is 0.760 bits per heavy atom. The first kappa shape index (κ1) is 16.8. The van der Waals surface area contributed by atoms with Crippen molar-refractivity contribution >= 4 is 5.78 Å². The number of ketones is 1. The van der Waals surface area contributed by atoms with Crippen molar-refractivity contribution in [2.75, 3.05) is 14.2 Å². The fourth-order valence-electron chi connectivity index (χ4n) is 2.94. The summed E-state index contributed by atoms with van der Waals surface area (Å²) in [5, 5.41) is 0. The lowest BCUT2D eigenvalue weighted by Crippen LogP contribution is -2.15. The lowest BCUT2D eigenvalue weighted by Gasteiger charge is -2.20. The monoisotopic (exact) mass is 332 g/mol. The SMILES string of the molecule is COc1ccc(C(C(=O)c2ccccc2)c2ccccc2OC)cc1. The molecule has 3 heteroatoms. The van der Waals surface area contributed by atoms with Crippen LogP contribution in [-0.2, 0) is 0 Å². The Morgan fingerprint density at radius 2 is 1.40 bits per heavy atom. The van der Waals surface area contributed by atoms with Crippen molar-refractivity contribution in [1.82, 2.24) is 0 Å². The summed E-state index contributed by atoms with van der Waals surface area (Å²) in [5.41, 5.74) is 2.43. The van der Waals surface area contributed by atoms with Crippen LogP contribution in [0.15, 0.2) is 78.9 Å². The van der Waals surface area contributed by atoms with E-state index in [2.05, 4.69) is 0 Å². The van der Waals surface area contributed by atoms with Crippen molar-refractivity contribution in [2.45, 2.75) is 5.92 Å². The van der Waals surface area contributed by atoms with Gasteiger partial charge in [-0.15, -0.1) is 0 Å². The number of rotatable bonds is 6. The van der Waals surface area contributed by atoms with Crippen LogP contribution >= 0.6 is 0 Å². The number of methoxy groups -OCH3 is 2. The van der Waals surface area contributed by atoms with Gasteiger partial charge in [-0.3, -0.25) is 4.79 Å². The highest BCUT2D eigenvalue weighted by Crippen LogP contribution is 2.35. The van der Waals surface area contributed by atoms with E-state index in [1.807, 2.05) is 78.9 Å². The minimum Gasteiger partial charge on any atom is -0.497 e. The molecule has 1 unspecified atom stereocenters. The Bertz CT molecular complexity index is 839. The van der Waals surface area contributed by atoms with Crippen LogP contribution in [0.3, 0.4) is 0 Å². The lowest BCUT2D eigenvalue weighted by molar-refractivity contribution is 0.0972. The van der Waals surface area contributed by atoms with Crippen LogP contribution in [0.1, 0.15) is 27.4 Å². The van der Waals surface area contributed by atoms with Crippen molar-refractivity contribution in [3.63, 3.8) is 0 Å². The van der Waals surface area contributed by atoms with Crippen LogP contribution in [0.2, 0.25) is 0 Å². The Labute approximate surface area is 147 Å². The van der Waals surface area contributed by atoms with E-state index in [4.69, 9.17) is 9.47 Å². The van der Waals surface area contributed by atoms with Crippen molar-refractivity contribution < 1.29 is 14.3 Å². The molecular formula is C22H20O3. The van der Waals surface area contributed by atoms with Crippen LogP contribution in [-0.4, -0.2) is 20.0 Å². The molecule has 3 aromatic rings. The average Bonchev–Trinajstić information content (AvgIpc) is 2.69. The highest BCUT2D eigenvalue weighted by atomic mass is 16.5. The Morgan fingerprint density at radius 3 is 2.04 bits per heavy atom. The van der Waals surface area contributed by atoms with Gasteiger partial charge in [0, 0.05) is 11.1 Å². The summed E-state index contributed by atoms with van der Waals surface area (Å²) >= 11 is 0. The zero-order chi connectivity index (χ0) is 17.6. The van der Waals surface area contributed by atoms with Crippen LogP contribution in [0, 0.1) is 0 Å². The van der Waals surface area contributed by atoms with Gasteiger partial charge in [0.25, 0.3) is 0 Å². The maximum absolute atomic E-state index is 13.3. The number of ether oxygens (including phenoxy) is 2. The zero-order valence-electron chi connectivity index (χ0n) is 14.3. The molecule has 0 bridgehead atoms. The maximum Gasteiger partial charge on any atom is 0.174 e. The van der Waals surface area contributed by atoms with Gasteiger partial charge in [0.2, 0.25) is 0 Å². The first-order valence-electron chi connectivity index (χ1n) is 8.10. The molecular weight excluding hydrogens is 312 g/mol. The summed E-state index contributed by atoms with van der Waals surface area (Å²) in [5.74, 6) is 1.06. The fourth-order valence-corrected chi connectivity index (χ4v) is 2.94. The van der Waals surface area contributed by atoms with E-state index in [-0.39, 0.29) is 5.78 Å². The molecule has 0 aliphatic rings. The zero-order valence-corrected chi connectivity index (χ0v) is 14.3. The molecule has 0 aliphatic heterocycles. The molecule has 25 heavy (non-hydrogen) atoms. The summed E-state index contributed by atoms with van der Waals surface area (Å²) in [4.78, 5) is 13.3. The van der Waals surface area contributed by atoms with E-state index < -0.39 is 5.92 Å². The number of para-hydroxylation sites is 1. The van der Waals surface area contributed by atoms with Gasteiger partial charge in [-0.05, 0) is 23.8 Å². The van der Waals surface area contributed by atoms with Crippen LogP contribution < -0.4 is 9.47 Å². The number of carbonyl (C=O) groups is 1. The number of carbonyl (C=O) groups excluding carboxylic acids is 1. The molecule has 0 saturated carbocycles. The van der Waals surface area contributed by atoms with Crippen LogP contribution in [0.5, 0.6) is 11.5 Å². The molecule has 0 heterocycles. The third-order valence-electron chi connectivity index (χ3n) is 4.22. The number of benzene rings is 3. The normalized spacial score (nSPS) is 11.6. The number of hydrogen-bond donors (Lipinski definition) is 0. The molecule has 126 valence electrons. The predicted octanol–water partition coefficient (Wildman–Crippen LogP) is 4.72. The summed E-state index contributed by atoms with van der Waals surface area (Å²) < 4.78 is 10.7. The summed E-state index contributed by atoms with van der Waals surface area (Å²) in [6.45, 7) is 0. The number of hydrogen-bond acceptors (Lipinski definition) is 3. The van der Waals surface area contributed by atoms with E-state index in [1.54, 1.807) is 14.2 Å². The van der Waals surface area contributed by atoms with E-state index in [0.29, 0.717) is 11.3 Å². The van der Waals surface area contributed by atoms with Crippen molar-refractivity contribution in [1.29, 1.82) is 0 Å². The lowest BCUT2D eigenvalue weighted by atomic mass is 9.84. The quantitative estimate of drug-likeness (QED) is 0.613. The standard InChI is InChI=1S/C22H20O3/c1-24-18-14-12-16(13-15-18)21(19-10-6-7-11-20(19)25-2)22(23)17-8-4-3-5-9-17/h3-15,21H,1-2H3. The van der Waals surface area contributed by atoms with E-state index in [1.165, 1.54) is 0 Å². The van der Waals surface area contributed by atoms with Gasteiger partial charge in [-0.2, -0.15) is 0 Å². The number of Topliss-reactive ketones (excluding diaryl/α,β-unsaturated/α-hetero) is 1. The Hall–Kier alpha value is -3.07. The second-order valence-corrected chi connectivity index (χ2v) is 5.68. The summed E-state index contributed by atoms with van der Waals surface area (Å²) in [7, 11) is 3.25. The Balaban J connectivity index is 2.12. The topological polar surface area (TPSA) is 35.5 Å². The molecule has 3 rings (SSSR count). The van der Waals surface area contributed by atoms with Crippen molar-refractivity contribution in [3.05, 3.63) is 95.6 Å². The molecule has 0 aliphatic carbocycles. The van der Waals surface area contributed by atoms with Crippen molar-refractivity contribution in [3.8, 4) is 11.5 Å². The van der Waals surface area contributed by atoms with Gasteiger partial charge in [0.15, 0.2) is 5.78 Å². The van der Waals surface area contributed by atoms with E-state index in [9.17, 15) is 4.79 Å². The van der Waals surface area contributed by atoms with Gasteiger partial charge >= 0.3 is 0 Å². The molecule has 0 amide bonds. The van der Waals surface area contributed by atoms with Gasteiger partial charge in [0.05, 0.1) is 20.1 Å². The minimum absolute atomic E-state index is 0.0373. The average molecular weight is 332 g/mol.